The number of hydrogen-bond donors (Lipinski definition) is 1. The van der Waals surface area contributed by atoms with Gasteiger partial charge in [-0.25, -0.2) is 4.79 Å². The molecule has 1 atom stereocenters. The minimum Gasteiger partial charge on any atom is -0.486 e. The molecule has 0 saturated heterocycles. The predicted octanol–water partition coefficient (Wildman–Crippen LogP) is 2.34. The van der Waals surface area contributed by atoms with Crippen LogP contribution in [0.25, 0.3) is 0 Å². The number of nitrogens with one attached hydrogen (secondary N) is 1. The van der Waals surface area contributed by atoms with Crippen molar-refractivity contribution >= 4 is 17.6 Å². The number of ether oxygens (including phenoxy) is 3. The van der Waals surface area contributed by atoms with Crippen LogP contribution in [0, 0.1) is 10.1 Å². The first kappa shape index (κ1) is 19.2. The quantitative estimate of drug-likeness (QED) is 0.460. The van der Waals surface area contributed by atoms with Crippen molar-refractivity contribution < 1.29 is 28.7 Å². The highest BCUT2D eigenvalue weighted by atomic mass is 16.6. The Kier molecular flexibility index (Phi) is 5.73. The molecule has 0 aliphatic carbocycles. The number of para-hydroxylation sites is 2. The maximum atomic E-state index is 12.5. The third-order valence-electron chi connectivity index (χ3n) is 3.96. The van der Waals surface area contributed by atoms with Gasteiger partial charge < -0.3 is 19.5 Å². The molecule has 1 heterocycles. The number of nitro groups is 1. The standard InChI is InChI=1S/C19H18N2O7/c1-2-26-19(23)13-7-12(8-14(9-13)21(24)25)18(22)20-10-15-11-27-16-5-3-4-6-17(16)28-15/h3-9,15H,2,10-11H2,1H3,(H,20,22). The van der Waals surface area contributed by atoms with Gasteiger partial charge in [0.05, 0.1) is 23.6 Å². The van der Waals surface area contributed by atoms with Gasteiger partial charge in [-0.15, -0.1) is 0 Å². The van der Waals surface area contributed by atoms with E-state index < -0.39 is 22.9 Å². The summed E-state index contributed by atoms with van der Waals surface area (Å²) in [5, 5.41) is 13.8. The lowest BCUT2D eigenvalue weighted by atomic mass is 10.1. The molecular formula is C19H18N2O7. The number of esters is 1. The number of hydrogen-bond acceptors (Lipinski definition) is 7. The molecule has 0 fully saturated rings. The zero-order valence-electron chi connectivity index (χ0n) is 15.0. The number of rotatable bonds is 6. The Hall–Kier alpha value is -3.62. The molecule has 1 aliphatic rings. The van der Waals surface area contributed by atoms with E-state index in [0.29, 0.717) is 11.5 Å². The molecule has 1 amide bonds. The van der Waals surface area contributed by atoms with E-state index in [-0.39, 0.29) is 36.6 Å². The van der Waals surface area contributed by atoms with Gasteiger partial charge in [-0.1, -0.05) is 12.1 Å². The van der Waals surface area contributed by atoms with Crippen molar-refractivity contribution in [1.82, 2.24) is 5.32 Å². The van der Waals surface area contributed by atoms with E-state index in [0.717, 1.165) is 12.1 Å². The molecule has 1 N–H and O–H groups in total. The summed E-state index contributed by atoms with van der Waals surface area (Å²) in [6, 6.07) is 10.6. The summed E-state index contributed by atoms with van der Waals surface area (Å²) in [4.78, 5) is 34.8. The van der Waals surface area contributed by atoms with Gasteiger partial charge in [-0.2, -0.15) is 0 Å². The molecule has 146 valence electrons. The van der Waals surface area contributed by atoms with Gasteiger partial charge in [0, 0.05) is 17.7 Å². The molecule has 1 aliphatic heterocycles. The molecule has 0 saturated carbocycles. The van der Waals surface area contributed by atoms with Crippen molar-refractivity contribution in [2.45, 2.75) is 13.0 Å². The lowest BCUT2D eigenvalue weighted by Gasteiger charge is -2.26. The molecular weight excluding hydrogens is 368 g/mol. The van der Waals surface area contributed by atoms with E-state index in [2.05, 4.69) is 5.32 Å². The molecule has 28 heavy (non-hydrogen) atoms. The topological polar surface area (TPSA) is 117 Å². The normalized spacial score (nSPS) is 14.8. The predicted molar refractivity (Wildman–Crippen MR) is 97.7 cm³/mol. The van der Waals surface area contributed by atoms with Gasteiger partial charge in [-0.3, -0.25) is 14.9 Å². The molecule has 0 radical (unpaired) electrons. The summed E-state index contributed by atoms with van der Waals surface area (Å²) < 4.78 is 16.2. The fourth-order valence-corrected chi connectivity index (χ4v) is 2.65. The first-order valence-corrected chi connectivity index (χ1v) is 8.61. The SMILES string of the molecule is CCOC(=O)c1cc(C(=O)NCC2COc3ccccc3O2)cc([N+](=O)[O-])c1. The lowest BCUT2D eigenvalue weighted by Crippen LogP contribution is -2.40. The molecule has 2 aromatic carbocycles. The van der Waals surface area contributed by atoms with Crippen LogP contribution in [0.15, 0.2) is 42.5 Å². The van der Waals surface area contributed by atoms with Gasteiger partial charge in [-0.05, 0) is 25.1 Å². The van der Waals surface area contributed by atoms with Crippen LogP contribution < -0.4 is 14.8 Å². The minimum absolute atomic E-state index is 0.0191. The second kappa shape index (κ2) is 8.38. The number of benzene rings is 2. The van der Waals surface area contributed by atoms with Crippen LogP contribution >= 0.6 is 0 Å². The summed E-state index contributed by atoms with van der Waals surface area (Å²) in [6.45, 7) is 2.11. The van der Waals surface area contributed by atoms with Crippen molar-refractivity contribution in [3.05, 3.63) is 63.7 Å². The summed E-state index contributed by atoms with van der Waals surface area (Å²) in [5.74, 6) is -0.103. The first-order valence-electron chi connectivity index (χ1n) is 8.61. The van der Waals surface area contributed by atoms with Crippen LogP contribution in [0.5, 0.6) is 11.5 Å². The molecule has 1 unspecified atom stereocenters. The Morgan fingerprint density at radius 2 is 1.93 bits per heavy atom. The Morgan fingerprint density at radius 1 is 1.21 bits per heavy atom. The molecule has 0 bridgehead atoms. The van der Waals surface area contributed by atoms with Crippen LogP contribution in [-0.4, -0.2) is 42.7 Å². The second-order valence-corrected chi connectivity index (χ2v) is 5.95. The highest BCUT2D eigenvalue weighted by Crippen LogP contribution is 2.30. The van der Waals surface area contributed by atoms with Crippen LogP contribution in [0.2, 0.25) is 0 Å². The van der Waals surface area contributed by atoms with Gasteiger partial charge in [0.2, 0.25) is 0 Å². The maximum absolute atomic E-state index is 12.5. The Morgan fingerprint density at radius 3 is 2.64 bits per heavy atom. The Balaban J connectivity index is 1.70. The minimum atomic E-state index is -0.735. The number of carbonyl (C=O) groups is 2. The maximum Gasteiger partial charge on any atom is 0.338 e. The van der Waals surface area contributed by atoms with Crippen LogP contribution in [0.3, 0.4) is 0 Å². The van der Waals surface area contributed by atoms with E-state index in [1.807, 2.05) is 12.1 Å². The molecule has 0 spiro atoms. The lowest BCUT2D eigenvalue weighted by molar-refractivity contribution is -0.384. The monoisotopic (exact) mass is 386 g/mol. The van der Waals surface area contributed by atoms with Crippen molar-refractivity contribution in [2.75, 3.05) is 19.8 Å². The van der Waals surface area contributed by atoms with Crippen molar-refractivity contribution in [1.29, 1.82) is 0 Å². The average Bonchev–Trinajstić information content (AvgIpc) is 2.71. The van der Waals surface area contributed by atoms with Crippen LogP contribution in [0.4, 0.5) is 5.69 Å². The average molecular weight is 386 g/mol. The van der Waals surface area contributed by atoms with Crippen LogP contribution in [0.1, 0.15) is 27.6 Å². The molecule has 9 nitrogen and oxygen atoms in total. The third kappa shape index (κ3) is 4.37. The van der Waals surface area contributed by atoms with E-state index in [1.165, 1.54) is 6.07 Å². The zero-order chi connectivity index (χ0) is 20.1. The fourth-order valence-electron chi connectivity index (χ4n) is 2.65. The summed E-state index contributed by atoms with van der Waals surface area (Å²) >= 11 is 0. The summed E-state index contributed by atoms with van der Waals surface area (Å²) in [7, 11) is 0. The largest absolute Gasteiger partial charge is 0.486 e. The number of carbonyl (C=O) groups excluding carboxylic acids is 2. The Bertz CT molecular complexity index is 913. The van der Waals surface area contributed by atoms with E-state index in [1.54, 1.807) is 19.1 Å². The molecule has 0 aromatic heterocycles. The zero-order valence-corrected chi connectivity index (χ0v) is 15.0. The van der Waals surface area contributed by atoms with Crippen molar-refractivity contribution in [3.63, 3.8) is 0 Å². The van der Waals surface area contributed by atoms with E-state index in [9.17, 15) is 19.7 Å². The first-order chi connectivity index (χ1) is 13.5. The van der Waals surface area contributed by atoms with Gasteiger partial charge >= 0.3 is 5.97 Å². The highest BCUT2D eigenvalue weighted by molar-refractivity contribution is 5.99. The highest BCUT2D eigenvalue weighted by Gasteiger charge is 2.23. The van der Waals surface area contributed by atoms with E-state index in [4.69, 9.17) is 14.2 Å². The van der Waals surface area contributed by atoms with E-state index >= 15 is 0 Å². The third-order valence-corrected chi connectivity index (χ3v) is 3.96. The number of fused-ring (bicyclic) bond motifs is 1. The number of nitrogens with zero attached hydrogens (tertiary/aromatic N) is 1. The van der Waals surface area contributed by atoms with Crippen molar-refractivity contribution in [2.24, 2.45) is 0 Å². The number of non-ortho nitro benzene ring substituents is 1. The van der Waals surface area contributed by atoms with Gasteiger partial charge in [0.15, 0.2) is 11.5 Å². The fraction of sp³-hybridized carbons (Fsp3) is 0.263. The molecule has 3 rings (SSSR count). The van der Waals surface area contributed by atoms with Crippen molar-refractivity contribution in [3.8, 4) is 11.5 Å². The smallest absolute Gasteiger partial charge is 0.338 e. The van der Waals surface area contributed by atoms with Crippen LogP contribution in [-0.2, 0) is 4.74 Å². The number of amides is 1. The Labute approximate surface area is 160 Å². The van der Waals surface area contributed by atoms with Gasteiger partial charge in [0.25, 0.3) is 11.6 Å². The number of nitro benzene ring substituents is 1. The molecule has 2 aromatic rings. The second-order valence-electron chi connectivity index (χ2n) is 5.95. The summed E-state index contributed by atoms with van der Waals surface area (Å²) in [6.07, 6.45) is -0.415. The molecule has 9 heteroatoms. The summed E-state index contributed by atoms with van der Waals surface area (Å²) in [5.41, 5.74) is -0.455. The van der Waals surface area contributed by atoms with Gasteiger partial charge in [0.1, 0.15) is 12.7 Å².